The molecular weight excluding hydrogens is 198 g/mol. The van der Waals surface area contributed by atoms with E-state index in [-0.39, 0.29) is 6.10 Å². The van der Waals surface area contributed by atoms with Gasteiger partial charge in [-0.05, 0) is 13.8 Å². The van der Waals surface area contributed by atoms with Crippen molar-refractivity contribution in [1.82, 2.24) is 0 Å². The lowest BCUT2D eigenvalue weighted by molar-refractivity contribution is 0.307. The number of hydrogen-bond donors (Lipinski definition) is 0. The van der Waals surface area contributed by atoms with Gasteiger partial charge in [-0.1, -0.05) is 20.6 Å². The van der Waals surface area contributed by atoms with E-state index in [1.807, 2.05) is 6.92 Å². The van der Waals surface area contributed by atoms with Crippen LogP contribution in [0.15, 0.2) is 17.2 Å². The van der Waals surface area contributed by atoms with Crippen molar-refractivity contribution in [2.75, 3.05) is 0 Å². The first kappa shape index (κ1) is 13.2. The molecule has 0 aliphatic heterocycles. The summed E-state index contributed by atoms with van der Waals surface area (Å²) in [5, 5.41) is 0. The third-order valence-corrected chi connectivity index (χ3v) is 2.41. The van der Waals surface area contributed by atoms with Gasteiger partial charge in [0.2, 0.25) is 0 Å². The zero-order valence-corrected chi connectivity index (χ0v) is 11.0. The van der Waals surface area contributed by atoms with E-state index in [9.17, 15) is 0 Å². The number of rotatable bonds is 5. The average Bonchev–Trinajstić information content (AvgIpc) is 2.01. The summed E-state index contributed by atoms with van der Waals surface area (Å²) in [6, 6.07) is 0. The van der Waals surface area contributed by atoms with E-state index in [0.717, 1.165) is 6.42 Å². The molecule has 0 bridgehead atoms. The Balaban J connectivity index is 3.93. The van der Waals surface area contributed by atoms with Crippen LogP contribution in [0.1, 0.15) is 34.1 Å². The standard InChI is InChI=1S/C10H19OP2/c1-8(2)5-6-9(3)7-10(4)11-13-12/h5,10,13H,6,12H2,1-4H3/q+1. The minimum Gasteiger partial charge on any atom is -0.306 e. The molecule has 0 aromatic carbocycles. The molecule has 0 radical (unpaired) electrons. The third kappa shape index (κ3) is 8.54. The Kier molecular flexibility index (Phi) is 7.72. The Morgan fingerprint density at radius 1 is 1.54 bits per heavy atom. The molecule has 0 aromatic heterocycles. The molecular formula is C10H19OP2+. The molecule has 0 aliphatic carbocycles. The molecule has 0 amide bonds. The van der Waals surface area contributed by atoms with E-state index in [1.54, 1.807) is 0 Å². The van der Waals surface area contributed by atoms with Gasteiger partial charge in [0.25, 0.3) is 12.2 Å². The third-order valence-electron chi connectivity index (χ3n) is 1.51. The van der Waals surface area contributed by atoms with Gasteiger partial charge in [0, 0.05) is 28.8 Å². The van der Waals surface area contributed by atoms with E-state index in [0.29, 0.717) is 8.50 Å². The van der Waals surface area contributed by atoms with E-state index in [2.05, 4.69) is 41.9 Å². The van der Waals surface area contributed by atoms with Crippen LogP contribution in [0.4, 0.5) is 0 Å². The van der Waals surface area contributed by atoms with Crippen LogP contribution in [-0.4, -0.2) is 6.10 Å². The monoisotopic (exact) mass is 217 g/mol. The summed E-state index contributed by atoms with van der Waals surface area (Å²) in [6.45, 7) is 8.32. The van der Waals surface area contributed by atoms with Crippen LogP contribution in [0.2, 0.25) is 0 Å². The van der Waals surface area contributed by atoms with Crippen LogP contribution < -0.4 is 0 Å². The average molecular weight is 217 g/mol. The van der Waals surface area contributed by atoms with Gasteiger partial charge in [-0.25, -0.2) is 0 Å². The van der Waals surface area contributed by atoms with Crippen molar-refractivity contribution in [3.05, 3.63) is 23.3 Å². The summed E-state index contributed by atoms with van der Waals surface area (Å²) in [7, 11) is 3.03. The quantitative estimate of drug-likeness (QED) is 0.385. The maximum absolute atomic E-state index is 5.36. The molecule has 0 heterocycles. The highest BCUT2D eigenvalue weighted by Gasteiger charge is 2.12. The van der Waals surface area contributed by atoms with Gasteiger partial charge >= 0.3 is 0 Å². The molecule has 0 spiro atoms. The molecule has 0 aliphatic rings. The summed E-state index contributed by atoms with van der Waals surface area (Å²) in [6.07, 6.45) is 6.58. The molecule has 74 valence electrons. The normalized spacial score (nSPS) is 14.4. The predicted octanol–water partition coefficient (Wildman–Crippen LogP) is 3.88. The summed E-state index contributed by atoms with van der Waals surface area (Å²) >= 11 is 0. The lowest BCUT2D eigenvalue weighted by atomic mass is 10.1. The van der Waals surface area contributed by atoms with E-state index < -0.39 is 0 Å². The van der Waals surface area contributed by atoms with Crippen molar-refractivity contribution < 1.29 is 4.52 Å². The van der Waals surface area contributed by atoms with Crippen molar-refractivity contribution in [2.45, 2.75) is 40.2 Å². The van der Waals surface area contributed by atoms with Crippen molar-refractivity contribution in [3.63, 3.8) is 0 Å². The molecule has 3 heteroatoms. The second kappa shape index (κ2) is 7.60. The van der Waals surface area contributed by atoms with Gasteiger partial charge < -0.3 is 4.52 Å². The van der Waals surface area contributed by atoms with Gasteiger partial charge in [-0.3, -0.25) is 0 Å². The summed E-state index contributed by atoms with van der Waals surface area (Å²) < 4.78 is 5.36. The van der Waals surface area contributed by atoms with Crippen LogP contribution in [0.3, 0.4) is 0 Å². The Bertz CT molecular complexity index is 193. The zero-order chi connectivity index (χ0) is 10.3. The first-order valence-corrected chi connectivity index (χ1v) is 7.11. The van der Waals surface area contributed by atoms with Gasteiger partial charge in [-0.15, -0.1) is 0 Å². The minimum absolute atomic E-state index is 0.112. The second-order valence-corrected chi connectivity index (χ2v) is 4.47. The molecule has 3 unspecified atom stereocenters. The van der Waals surface area contributed by atoms with Crippen LogP contribution in [0, 0.1) is 6.08 Å². The Morgan fingerprint density at radius 3 is 2.62 bits per heavy atom. The highest BCUT2D eigenvalue weighted by Crippen LogP contribution is 2.24. The Labute approximate surface area is 86.0 Å². The Hall–Kier alpha value is 0.210. The molecule has 0 fully saturated rings. The molecule has 0 saturated carbocycles. The Morgan fingerprint density at radius 2 is 2.15 bits per heavy atom. The fraction of sp³-hybridized carbons (Fsp3) is 0.600. The maximum Gasteiger partial charge on any atom is 0.276 e. The van der Waals surface area contributed by atoms with Gasteiger partial charge in [0.05, 0.1) is 0 Å². The van der Waals surface area contributed by atoms with Gasteiger partial charge in [0.1, 0.15) is 0 Å². The number of hydrogen-bond acceptors (Lipinski definition) is 1. The van der Waals surface area contributed by atoms with Gasteiger partial charge in [0.15, 0.2) is 5.57 Å². The lowest BCUT2D eigenvalue weighted by Crippen LogP contribution is -1.98. The van der Waals surface area contributed by atoms with Gasteiger partial charge in [-0.2, -0.15) is 0 Å². The van der Waals surface area contributed by atoms with E-state index in [4.69, 9.17) is 4.52 Å². The highest BCUT2D eigenvalue weighted by molar-refractivity contribution is 8.00. The fourth-order valence-corrected chi connectivity index (χ4v) is 1.77. The van der Waals surface area contributed by atoms with Crippen LogP contribution >= 0.6 is 17.4 Å². The molecule has 3 atom stereocenters. The van der Waals surface area contributed by atoms with E-state index >= 15 is 0 Å². The largest absolute Gasteiger partial charge is 0.306 e. The van der Waals surface area contributed by atoms with Crippen molar-refractivity contribution in [2.24, 2.45) is 0 Å². The molecule has 1 nitrogen and oxygen atoms in total. The van der Waals surface area contributed by atoms with Crippen molar-refractivity contribution in [3.8, 4) is 0 Å². The van der Waals surface area contributed by atoms with Crippen LogP contribution in [0.25, 0.3) is 0 Å². The molecule has 0 rings (SSSR count). The van der Waals surface area contributed by atoms with Crippen LogP contribution in [-0.2, 0) is 4.52 Å². The zero-order valence-electron chi connectivity index (χ0n) is 8.85. The topological polar surface area (TPSA) is 9.23 Å². The lowest BCUT2D eigenvalue weighted by Gasteiger charge is -1.94. The predicted molar refractivity (Wildman–Crippen MR) is 65.1 cm³/mol. The first-order chi connectivity index (χ1) is 6.06. The number of allylic oxidation sites excluding steroid dienone is 3. The van der Waals surface area contributed by atoms with Crippen molar-refractivity contribution in [1.29, 1.82) is 0 Å². The fourth-order valence-electron chi connectivity index (χ4n) is 0.895. The summed E-state index contributed by atoms with van der Waals surface area (Å²) in [5.74, 6) is 0. The first-order valence-electron chi connectivity index (χ1n) is 4.40. The summed E-state index contributed by atoms with van der Waals surface area (Å²) in [4.78, 5) is 0. The van der Waals surface area contributed by atoms with Crippen molar-refractivity contribution >= 4 is 17.4 Å². The summed E-state index contributed by atoms with van der Waals surface area (Å²) in [5.41, 5.74) is 2.60. The van der Waals surface area contributed by atoms with Crippen LogP contribution in [0.5, 0.6) is 0 Å². The SMILES string of the molecule is CC(=[C+]C(C)OPP)CC=C(C)C. The molecule has 0 saturated heterocycles. The molecule has 0 N–H and O–H groups in total. The van der Waals surface area contributed by atoms with E-state index in [1.165, 1.54) is 11.1 Å². The highest BCUT2D eigenvalue weighted by atomic mass is 32.0. The molecule has 0 aromatic rings. The smallest absolute Gasteiger partial charge is 0.276 e. The second-order valence-electron chi connectivity index (χ2n) is 3.29. The molecule has 13 heavy (non-hydrogen) atoms. The maximum atomic E-state index is 5.36. The minimum atomic E-state index is 0.112.